The Labute approximate surface area is 74.4 Å². The van der Waals surface area contributed by atoms with Gasteiger partial charge in [-0.15, -0.1) is 8.78 Å². The normalized spacial score (nSPS) is 10.6. The van der Waals surface area contributed by atoms with Crippen LogP contribution < -0.4 is 4.74 Å². The molecule has 68 valence electrons. The number of ether oxygens (including phenoxy) is 1. The van der Waals surface area contributed by atoms with Crippen molar-refractivity contribution in [2.45, 2.75) is 13.0 Å². The molecule has 0 heterocycles. The number of nitrogens with zero attached hydrogens (tertiary/aromatic N) is 1. The van der Waals surface area contributed by atoms with Crippen molar-refractivity contribution in [2.75, 3.05) is 0 Å². The maximum absolute atomic E-state index is 12.4. The molecule has 2 nitrogen and oxygen atoms in total. The first-order valence-electron chi connectivity index (χ1n) is 3.58. The second-order valence-corrected chi connectivity index (χ2v) is 2.54. The van der Waals surface area contributed by atoms with Gasteiger partial charge in [0.25, 0.3) is 0 Å². The van der Waals surface area contributed by atoms with Crippen LogP contribution >= 0.6 is 0 Å². The Balaban J connectivity index is 2.77. The summed E-state index contributed by atoms with van der Waals surface area (Å²) >= 11 is 0. The number of benzene rings is 1. The zero-order valence-electron chi connectivity index (χ0n) is 6.92. The highest BCUT2D eigenvalue weighted by atomic mass is 19.3. The van der Waals surface area contributed by atoms with E-state index in [1.807, 2.05) is 6.92 Å². The third-order valence-corrected chi connectivity index (χ3v) is 1.40. The average molecular weight is 183 g/mol. The molecule has 1 aromatic rings. The minimum absolute atomic E-state index is 0.0165. The smallest absolute Gasteiger partial charge is 0.421 e. The SMILES string of the molecule is Cc1ccc(OC(F)(F)C#N)cc1. The summed E-state index contributed by atoms with van der Waals surface area (Å²) in [4.78, 5) is 0. The molecule has 0 aliphatic heterocycles. The van der Waals surface area contributed by atoms with E-state index in [0.29, 0.717) is 0 Å². The number of alkyl halides is 2. The van der Waals surface area contributed by atoms with Crippen LogP contribution in [0.2, 0.25) is 0 Å². The zero-order chi connectivity index (χ0) is 9.90. The Bertz CT molecular complexity index is 326. The first-order chi connectivity index (χ1) is 6.03. The number of hydrogen-bond acceptors (Lipinski definition) is 2. The van der Waals surface area contributed by atoms with E-state index in [4.69, 9.17) is 5.26 Å². The van der Waals surface area contributed by atoms with Gasteiger partial charge in [0.05, 0.1) is 0 Å². The lowest BCUT2D eigenvalue weighted by Crippen LogP contribution is -2.21. The largest absolute Gasteiger partial charge is 0.494 e. The van der Waals surface area contributed by atoms with Gasteiger partial charge in [-0.25, -0.2) is 0 Å². The minimum Gasteiger partial charge on any atom is -0.421 e. The van der Waals surface area contributed by atoms with Crippen LogP contribution in [0.1, 0.15) is 5.56 Å². The maximum Gasteiger partial charge on any atom is 0.494 e. The zero-order valence-corrected chi connectivity index (χ0v) is 6.92. The number of nitriles is 1. The number of aryl methyl sites for hydroxylation is 1. The molecule has 0 aromatic heterocycles. The van der Waals surface area contributed by atoms with Gasteiger partial charge in [0, 0.05) is 0 Å². The standard InChI is InChI=1S/C9H7F2NO/c1-7-2-4-8(5-3-7)13-9(10,11)6-12/h2-5H,1H3. The second kappa shape index (κ2) is 3.40. The van der Waals surface area contributed by atoms with Crippen molar-refractivity contribution < 1.29 is 13.5 Å². The topological polar surface area (TPSA) is 33.0 Å². The molecule has 0 amide bonds. The third kappa shape index (κ3) is 2.71. The van der Waals surface area contributed by atoms with E-state index < -0.39 is 6.11 Å². The summed E-state index contributed by atoms with van der Waals surface area (Å²) in [5, 5.41) is 7.98. The lowest BCUT2D eigenvalue weighted by atomic mass is 10.2. The molecule has 0 aliphatic carbocycles. The molecule has 0 fully saturated rings. The van der Waals surface area contributed by atoms with E-state index in [2.05, 4.69) is 4.74 Å². The fourth-order valence-electron chi connectivity index (χ4n) is 0.777. The van der Waals surface area contributed by atoms with Crippen LogP contribution in [-0.4, -0.2) is 6.11 Å². The predicted octanol–water partition coefficient (Wildman–Crippen LogP) is 2.49. The molecule has 0 unspecified atom stereocenters. The fraction of sp³-hybridized carbons (Fsp3) is 0.222. The quantitative estimate of drug-likeness (QED) is 0.705. The van der Waals surface area contributed by atoms with Crippen molar-refractivity contribution in [1.29, 1.82) is 5.26 Å². The van der Waals surface area contributed by atoms with Gasteiger partial charge in [0.2, 0.25) is 0 Å². The van der Waals surface area contributed by atoms with Gasteiger partial charge in [-0.1, -0.05) is 17.7 Å². The van der Waals surface area contributed by atoms with Crippen LogP contribution in [0.25, 0.3) is 0 Å². The summed E-state index contributed by atoms with van der Waals surface area (Å²) < 4.78 is 28.8. The second-order valence-electron chi connectivity index (χ2n) is 2.54. The molecule has 0 saturated heterocycles. The van der Waals surface area contributed by atoms with Gasteiger partial charge < -0.3 is 4.74 Å². The summed E-state index contributed by atoms with van der Waals surface area (Å²) in [5.74, 6) is -0.0165. The summed E-state index contributed by atoms with van der Waals surface area (Å²) in [6.07, 6.45) is -3.75. The fourth-order valence-corrected chi connectivity index (χ4v) is 0.777. The van der Waals surface area contributed by atoms with Gasteiger partial charge in [-0.05, 0) is 19.1 Å². The molecule has 0 N–H and O–H groups in total. The number of hydrogen-bond donors (Lipinski definition) is 0. The summed E-state index contributed by atoms with van der Waals surface area (Å²) in [5.41, 5.74) is 0.938. The van der Waals surface area contributed by atoms with E-state index in [1.54, 1.807) is 12.1 Å². The lowest BCUT2D eigenvalue weighted by Gasteiger charge is -2.09. The van der Waals surface area contributed by atoms with Crippen LogP contribution in [0.4, 0.5) is 8.78 Å². The molecule has 1 aromatic carbocycles. The predicted molar refractivity (Wildman–Crippen MR) is 42.4 cm³/mol. The van der Waals surface area contributed by atoms with Crippen molar-refractivity contribution in [1.82, 2.24) is 0 Å². The summed E-state index contributed by atoms with van der Waals surface area (Å²) in [6, 6.07) is 6.78. The minimum atomic E-state index is -3.75. The van der Waals surface area contributed by atoms with Crippen molar-refractivity contribution in [3.63, 3.8) is 0 Å². The van der Waals surface area contributed by atoms with Crippen LogP contribution in [0.3, 0.4) is 0 Å². The van der Waals surface area contributed by atoms with E-state index in [1.165, 1.54) is 12.1 Å². The molecule has 0 radical (unpaired) electrons. The molecule has 0 atom stereocenters. The van der Waals surface area contributed by atoms with Gasteiger partial charge in [-0.3, -0.25) is 0 Å². The Kier molecular flexibility index (Phi) is 2.47. The average Bonchev–Trinajstić information content (AvgIpc) is 2.09. The van der Waals surface area contributed by atoms with Gasteiger partial charge in [-0.2, -0.15) is 5.26 Å². The molecule has 0 saturated carbocycles. The number of halogens is 2. The van der Waals surface area contributed by atoms with Crippen molar-refractivity contribution >= 4 is 0 Å². The summed E-state index contributed by atoms with van der Waals surface area (Å²) in [7, 11) is 0. The molecule has 4 heteroatoms. The molecule has 0 spiro atoms. The highest BCUT2D eigenvalue weighted by Gasteiger charge is 2.31. The Hall–Kier alpha value is -1.63. The number of rotatable bonds is 2. The molecule has 13 heavy (non-hydrogen) atoms. The Morgan fingerprint density at radius 1 is 1.31 bits per heavy atom. The van der Waals surface area contributed by atoms with Crippen molar-refractivity contribution in [2.24, 2.45) is 0 Å². The van der Waals surface area contributed by atoms with Gasteiger partial charge in [0.15, 0.2) is 6.07 Å². The van der Waals surface area contributed by atoms with Crippen LogP contribution in [0, 0.1) is 18.3 Å². The van der Waals surface area contributed by atoms with E-state index in [0.717, 1.165) is 11.6 Å². The molecule has 0 aliphatic rings. The van der Waals surface area contributed by atoms with Crippen LogP contribution in [0.5, 0.6) is 5.75 Å². The molecular formula is C9H7F2NO. The summed E-state index contributed by atoms with van der Waals surface area (Å²) in [6.45, 7) is 1.83. The Morgan fingerprint density at radius 3 is 2.31 bits per heavy atom. The molecule has 0 bridgehead atoms. The first-order valence-corrected chi connectivity index (χ1v) is 3.58. The maximum atomic E-state index is 12.4. The van der Waals surface area contributed by atoms with Crippen LogP contribution in [0.15, 0.2) is 24.3 Å². The molecular weight excluding hydrogens is 176 g/mol. The monoisotopic (exact) mass is 183 g/mol. The third-order valence-electron chi connectivity index (χ3n) is 1.40. The molecule has 1 rings (SSSR count). The lowest BCUT2D eigenvalue weighted by molar-refractivity contribution is -0.124. The first kappa shape index (κ1) is 9.46. The Morgan fingerprint density at radius 2 is 1.85 bits per heavy atom. The van der Waals surface area contributed by atoms with Gasteiger partial charge >= 0.3 is 6.11 Å². The van der Waals surface area contributed by atoms with Crippen LogP contribution in [-0.2, 0) is 0 Å². The van der Waals surface area contributed by atoms with Crippen molar-refractivity contribution in [3.05, 3.63) is 29.8 Å². The van der Waals surface area contributed by atoms with Crippen molar-refractivity contribution in [3.8, 4) is 11.8 Å². The van der Waals surface area contributed by atoms with E-state index >= 15 is 0 Å². The highest BCUT2D eigenvalue weighted by Crippen LogP contribution is 2.20. The van der Waals surface area contributed by atoms with E-state index in [-0.39, 0.29) is 5.75 Å². The van der Waals surface area contributed by atoms with Gasteiger partial charge in [0.1, 0.15) is 5.75 Å². The van der Waals surface area contributed by atoms with E-state index in [9.17, 15) is 8.78 Å². The highest BCUT2D eigenvalue weighted by molar-refractivity contribution is 5.27.